The molecule has 0 radical (unpaired) electrons. The van der Waals surface area contributed by atoms with Gasteiger partial charge in [0.1, 0.15) is 0 Å². The second-order valence-corrected chi connectivity index (χ2v) is 5.07. The fourth-order valence-corrected chi connectivity index (χ4v) is 2.41. The molecule has 0 aromatic carbocycles. The van der Waals surface area contributed by atoms with Crippen LogP contribution < -0.4 is 5.32 Å². The van der Waals surface area contributed by atoms with Gasteiger partial charge in [0.05, 0.1) is 0 Å². The summed E-state index contributed by atoms with van der Waals surface area (Å²) >= 11 is 0. The van der Waals surface area contributed by atoms with Crippen LogP contribution in [0.3, 0.4) is 0 Å². The molecule has 0 spiro atoms. The smallest absolute Gasteiger partial charge is 0.0107 e. The molecule has 1 N–H and O–H groups in total. The fourth-order valence-electron chi connectivity index (χ4n) is 2.41. The van der Waals surface area contributed by atoms with Gasteiger partial charge in [0, 0.05) is 13.1 Å². The van der Waals surface area contributed by atoms with Crippen molar-refractivity contribution in [3.05, 3.63) is 0 Å². The normalized spacial score (nSPS) is 25.5. The van der Waals surface area contributed by atoms with Crippen LogP contribution in [-0.4, -0.2) is 37.6 Å². The molecule has 1 aliphatic heterocycles. The molecule has 2 nitrogen and oxygen atoms in total. The molecule has 1 heterocycles. The molecule has 82 valence electrons. The van der Waals surface area contributed by atoms with Gasteiger partial charge in [0.25, 0.3) is 0 Å². The molecular formula is C12H24N2. The van der Waals surface area contributed by atoms with Gasteiger partial charge in [-0.1, -0.05) is 6.92 Å². The SMILES string of the molecule is CC(CNCCN1CCCC1)C1CC1. The van der Waals surface area contributed by atoms with Gasteiger partial charge in [-0.3, -0.25) is 0 Å². The number of hydrogen-bond donors (Lipinski definition) is 1. The summed E-state index contributed by atoms with van der Waals surface area (Å²) in [5, 5.41) is 3.59. The van der Waals surface area contributed by atoms with Crippen molar-refractivity contribution in [2.24, 2.45) is 11.8 Å². The van der Waals surface area contributed by atoms with Gasteiger partial charge >= 0.3 is 0 Å². The van der Waals surface area contributed by atoms with Crippen LogP contribution in [0.1, 0.15) is 32.6 Å². The Morgan fingerprint density at radius 3 is 2.64 bits per heavy atom. The maximum Gasteiger partial charge on any atom is 0.0107 e. The molecule has 2 rings (SSSR count). The van der Waals surface area contributed by atoms with Crippen molar-refractivity contribution >= 4 is 0 Å². The second-order valence-electron chi connectivity index (χ2n) is 5.07. The first-order chi connectivity index (χ1) is 6.86. The van der Waals surface area contributed by atoms with Crippen LogP contribution in [0.2, 0.25) is 0 Å². The van der Waals surface area contributed by atoms with Crippen LogP contribution in [0, 0.1) is 11.8 Å². The predicted octanol–water partition coefficient (Wildman–Crippen LogP) is 1.72. The maximum absolute atomic E-state index is 3.59. The van der Waals surface area contributed by atoms with Gasteiger partial charge in [-0.25, -0.2) is 0 Å². The number of nitrogens with zero attached hydrogens (tertiary/aromatic N) is 1. The van der Waals surface area contributed by atoms with E-state index in [2.05, 4.69) is 17.1 Å². The standard InChI is InChI=1S/C12H24N2/c1-11(12-4-5-12)10-13-6-9-14-7-2-3-8-14/h11-13H,2-10H2,1H3. The van der Waals surface area contributed by atoms with Gasteiger partial charge in [-0.2, -0.15) is 0 Å². The molecule has 0 bridgehead atoms. The van der Waals surface area contributed by atoms with Crippen LogP contribution in [0.5, 0.6) is 0 Å². The number of rotatable bonds is 6. The van der Waals surface area contributed by atoms with Crippen molar-refractivity contribution in [2.45, 2.75) is 32.6 Å². The second kappa shape index (κ2) is 5.13. The van der Waals surface area contributed by atoms with Crippen LogP contribution in [0.4, 0.5) is 0 Å². The van der Waals surface area contributed by atoms with Gasteiger partial charge in [-0.05, 0) is 57.2 Å². The lowest BCUT2D eigenvalue weighted by Gasteiger charge is -2.16. The molecule has 0 aromatic rings. The Labute approximate surface area is 88.1 Å². The molecule has 0 amide bonds. The molecule has 14 heavy (non-hydrogen) atoms. The zero-order chi connectivity index (χ0) is 9.80. The zero-order valence-corrected chi connectivity index (χ0v) is 9.47. The highest BCUT2D eigenvalue weighted by Crippen LogP contribution is 2.35. The van der Waals surface area contributed by atoms with E-state index in [-0.39, 0.29) is 0 Å². The first kappa shape index (κ1) is 10.4. The van der Waals surface area contributed by atoms with Gasteiger partial charge < -0.3 is 10.2 Å². The Hall–Kier alpha value is -0.0800. The van der Waals surface area contributed by atoms with E-state index in [1.807, 2.05) is 0 Å². The van der Waals surface area contributed by atoms with E-state index in [0.717, 1.165) is 11.8 Å². The van der Waals surface area contributed by atoms with E-state index < -0.39 is 0 Å². The lowest BCUT2D eigenvalue weighted by molar-refractivity contribution is 0.329. The Kier molecular flexibility index (Phi) is 3.82. The van der Waals surface area contributed by atoms with E-state index in [4.69, 9.17) is 0 Å². The highest BCUT2D eigenvalue weighted by atomic mass is 15.1. The van der Waals surface area contributed by atoms with Gasteiger partial charge in [0.15, 0.2) is 0 Å². The number of hydrogen-bond acceptors (Lipinski definition) is 2. The van der Waals surface area contributed by atoms with Crippen LogP contribution in [0.25, 0.3) is 0 Å². The van der Waals surface area contributed by atoms with E-state index in [1.54, 1.807) is 0 Å². The minimum atomic E-state index is 0.911. The number of likely N-dealkylation sites (tertiary alicyclic amines) is 1. The van der Waals surface area contributed by atoms with Crippen LogP contribution in [-0.2, 0) is 0 Å². The summed E-state index contributed by atoms with van der Waals surface area (Å²) in [5.41, 5.74) is 0. The third kappa shape index (κ3) is 3.25. The zero-order valence-electron chi connectivity index (χ0n) is 9.47. The lowest BCUT2D eigenvalue weighted by atomic mass is 10.1. The summed E-state index contributed by atoms with van der Waals surface area (Å²) in [6, 6.07) is 0. The quantitative estimate of drug-likeness (QED) is 0.651. The molecule has 0 aromatic heterocycles. The first-order valence-electron chi connectivity index (χ1n) is 6.29. The van der Waals surface area contributed by atoms with Crippen LogP contribution >= 0.6 is 0 Å². The van der Waals surface area contributed by atoms with Crippen molar-refractivity contribution in [1.82, 2.24) is 10.2 Å². The summed E-state index contributed by atoms with van der Waals surface area (Å²) in [6.07, 6.45) is 5.79. The van der Waals surface area contributed by atoms with Crippen molar-refractivity contribution in [3.63, 3.8) is 0 Å². The fraction of sp³-hybridized carbons (Fsp3) is 1.00. The van der Waals surface area contributed by atoms with Gasteiger partial charge in [-0.15, -0.1) is 0 Å². The number of nitrogens with one attached hydrogen (secondary N) is 1. The Morgan fingerprint density at radius 2 is 2.00 bits per heavy atom. The molecule has 2 fully saturated rings. The summed E-state index contributed by atoms with van der Waals surface area (Å²) in [4.78, 5) is 2.58. The maximum atomic E-state index is 3.59. The van der Waals surface area contributed by atoms with Crippen molar-refractivity contribution < 1.29 is 0 Å². The van der Waals surface area contributed by atoms with Crippen molar-refractivity contribution in [1.29, 1.82) is 0 Å². The Morgan fingerprint density at radius 1 is 1.29 bits per heavy atom. The third-order valence-corrected chi connectivity index (χ3v) is 3.70. The molecule has 1 atom stereocenters. The Balaban J connectivity index is 1.46. The van der Waals surface area contributed by atoms with E-state index >= 15 is 0 Å². The highest BCUT2D eigenvalue weighted by molar-refractivity contribution is 4.79. The average molecular weight is 196 g/mol. The minimum Gasteiger partial charge on any atom is -0.315 e. The summed E-state index contributed by atoms with van der Waals surface area (Å²) < 4.78 is 0. The average Bonchev–Trinajstić information content (AvgIpc) is 2.92. The minimum absolute atomic E-state index is 0.911. The summed E-state index contributed by atoms with van der Waals surface area (Å²) in [7, 11) is 0. The summed E-state index contributed by atoms with van der Waals surface area (Å²) in [5.74, 6) is 1.96. The third-order valence-electron chi connectivity index (χ3n) is 3.70. The van der Waals surface area contributed by atoms with Crippen molar-refractivity contribution in [2.75, 3.05) is 32.7 Å². The first-order valence-corrected chi connectivity index (χ1v) is 6.29. The Bertz CT molecular complexity index is 156. The molecule has 2 aliphatic rings. The molecule has 1 unspecified atom stereocenters. The van der Waals surface area contributed by atoms with Crippen LogP contribution in [0.15, 0.2) is 0 Å². The molecule has 1 aliphatic carbocycles. The molecule has 1 saturated carbocycles. The molecule has 1 saturated heterocycles. The summed E-state index contributed by atoms with van der Waals surface area (Å²) in [6.45, 7) is 8.74. The predicted molar refractivity (Wildman–Crippen MR) is 60.4 cm³/mol. The van der Waals surface area contributed by atoms with E-state index in [1.165, 1.54) is 58.4 Å². The molecular weight excluding hydrogens is 172 g/mol. The molecule has 2 heteroatoms. The highest BCUT2D eigenvalue weighted by Gasteiger charge is 2.27. The monoisotopic (exact) mass is 196 g/mol. The van der Waals surface area contributed by atoms with Gasteiger partial charge in [0.2, 0.25) is 0 Å². The largest absolute Gasteiger partial charge is 0.315 e. The van der Waals surface area contributed by atoms with Crippen molar-refractivity contribution in [3.8, 4) is 0 Å². The lowest BCUT2D eigenvalue weighted by Crippen LogP contribution is -2.32. The van der Waals surface area contributed by atoms with E-state index in [0.29, 0.717) is 0 Å². The topological polar surface area (TPSA) is 15.3 Å². The van der Waals surface area contributed by atoms with E-state index in [9.17, 15) is 0 Å².